The Morgan fingerprint density at radius 2 is 1.50 bits per heavy atom. The van der Waals surface area contributed by atoms with E-state index in [1.165, 1.54) is 11.8 Å². The molecule has 3 rings (SSSR count). The second kappa shape index (κ2) is 11.2. The van der Waals surface area contributed by atoms with Crippen molar-refractivity contribution < 1.29 is 23.9 Å². The average molecular weight is 436 g/mol. The summed E-state index contributed by atoms with van der Waals surface area (Å²) in [4.78, 5) is 43.0. The average Bonchev–Trinajstić information content (AvgIpc) is 3.05. The Balaban J connectivity index is 1.45. The van der Waals surface area contributed by atoms with Crippen molar-refractivity contribution in [3.63, 3.8) is 0 Å². The molecule has 2 aliphatic rings. The molecule has 1 aromatic carbocycles. The van der Waals surface area contributed by atoms with Crippen LogP contribution in [0.1, 0.15) is 16.8 Å². The van der Waals surface area contributed by atoms with Gasteiger partial charge >= 0.3 is 0 Å². The SMILES string of the molecule is COc1ccccc1C(=O)N1CCCN(C(=O)CSCC(=O)N2CCOCC2)CC1. The normalized spacial score (nSPS) is 17.4. The van der Waals surface area contributed by atoms with Crippen LogP contribution >= 0.6 is 11.8 Å². The summed E-state index contributed by atoms with van der Waals surface area (Å²) in [6.07, 6.45) is 0.726. The molecule has 8 nitrogen and oxygen atoms in total. The van der Waals surface area contributed by atoms with Crippen molar-refractivity contribution in [3.05, 3.63) is 29.8 Å². The molecule has 1 aromatic rings. The van der Waals surface area contributed by atoms with E-state index in [9.17, 15) is 14.4 Å². The fourth-order valence-corrected chi connectivity index (χ4v) is 4.40. The van der Waals surface area contributed by atoms with Crippen LogP contribution in [-0.2, 0) is 14.3 Å². The highest BCUT2D eigenvalue weighted by Crippen LogP contribution is 2.20. The predicted molar refractivity (Wildman–Crippen MR) is 115 cm³/mol. The number of carbonyl (C=O) groups excluding carboxylic acids is 3. The van der Waals surface area contributed by atoms with Gasteiger partial charge in [0.2, 0.25) is 11.8 Å². The second-order valence-electron chi connectivity index (χ2n) is 7.21. The Bertz CT molecular complexity index is 754. The molecule has 164 valence electrons. The van der Waals surface area contributed by atoms with Gasteiger partial charge in [0.1, 0.15) is 5.75 Å². The van der Waals surface area contributed by atoms with Gasteiger partial charge in [0.05, 0.1) is 37.4 Å². The minimum atomic E-state index is -0.0766. The van der Waals surface area contributed by atoms with E-state index >= 15 is 0 Å². The molecule has 0 radical (unpaired) electrons. The fraction of sp³-hybridized carbons (Fsp3) is 0.571. The topological polar surface area (TPSA) is 79.4 Å². The Morgan fingerprint density at radius 1 is 0.900 bits per heavy atom. The van der Waals surface area contributed by atoms with Gasteiger partial charge in [-0.2, -0.15) is 0 Å². The molecule has 0 bridgehead atoms. The number of nitrogens with zero attached hydrogens (tertiary/aromatic N) is 3. The van der Waals surface area contributed by atoms with Crippen molar-refractivity contribution in [2.24, 2.45) is 0 Å². The van der Waals surface area contributed by atoms with Crippen LogP contribution in [-0.4, -0.2) is 104 Å². The lowest BCUT2D eigenvalue weighted by Crippen LogP contribution is -2.42. The second-order valence-corrected chi connectivity index (χ2v) is 8.20. The van der Waals surface area contributed by atoms with Gasteiger partial charge < -0.3 is 24.2 Å². The van der Waals surface area contributed by atoms with E-state index in [4.69, 9.17) is 9.47 Å². The monoisotopic (exact) mass is 435 g/mol. The fourth-order valence-electron chi connectivity index (χ4n) is 3.58. The Morgan fingerprint density at radius 3 is 2.20 bits per heavy atom. The highest BCUT2D eigenvalue weighted by atomic mass is 32.2. The van der Waals surface area contributed by atoms with Crippen LogP contribution in [0.5, 0.6) is 5.75 Å². The molecule has 0 spiro atoms. The van der Waals surface area contributed by atoms with Crippen molar-refractivity contribution in [1.29, 1.82) is 0 Å². The van der Waals surface area contributed by atoms with Crippen LogP contribution in [0.15, 0.2) is 24.3 Å². The van der Waals surface area contributed by atoms with E-state index in [2.05, 4.69) is 0 Å². The lowest BCUT2D eigenvalue weighted by Gasteiger charge is -2.27. The number of thioether (sulfide) groups is 1. The Hall–Kier alpha value is -2.26. The summed E-state index contributed by atoms with van der Waals surface area (Å²) in [7, 11) is 1.55. The van der Waals surface area contributed by atoms with E-state index in [1.54, 1.807) is 33.9 Å². The van der Waals surface area contributed by atoms with Gasteiger partial charge in [-0.1, -0.05) is 12.1 Å². The molecule has 30 heavy (non-hydrogen) atoms. The predicted octanol–water partition coefficient (Wildman–Crippen LogP) is 0.962. The number of benzene rings is 1. The van der Waals surface area contributed by atoms with Gasteiger partial charge in [0, 0.05) is 39.3 Å². The smallest absolute Gasteiger partial charge is 0.257 e. The summed E-state index contributed by atoms with van der Waals surface area (Å²) in [6, 6.07) is 7.19. The van der Waals surface area contributed by atoms with Crippen LogP contribution in [0.25, 0.3) is 0 Å². The van der Waals surface area contributed by atoms with Crippen LogP contribution in [0.3, 0.4) is 0 Å². The number of carbonyl (C=O) groups is 3. The van der Waals surface area contributed by atoms with Crippen LogP contribution in [0.4, 0.5) is 0 Å². The molecule has 2 heterocycles. The molecule has 0 saturated carbocycles. The third-order valence-corrected chi connectivity index (χ3v) is 6.19. The molecule has 0 atom stereocenters. The van der Waals surface area contributed by atoms with Crippen molar-refractivity contribution in [2.45, 2.75) is 6.42 Å². The van der Waals surface area contributed by atoms with Gasteiger partial charge in [0.25, 0.3) is 5.91 Å². The Labute approximate surface area is 181 Å². The maximum Gasteiger partial charge on any atom is 0.257 e. The lowest BCUT2D eigenvalue weighted by molar-refractivity contribution is -0.132. The molecular weight excluding hydrogens is 406 g/mol. The van der Waals surface area contributed by atoms with Crippen molar-refractivity contribution in [2.75, 3.05) is 71.1 Å². The number of hydrogen-bond donors (Lipinski definition) is 0. The van der Waals surface area contributed by atoms with Gasteiger partial charge in [0.15, 0.2) is 0 Å². The van der Waals surface area contributed by atoms with Crippen LogP contribution < -0.4 is 4.74 Å². The molecule has 2 aliphatic heterocycles. The number of rotatable bonds is 6. The quantitative estimate of drug-likeness (QED) is 0.662. The largest absolute Gasteiger partial charge is 0.496 e. The highest BCUT2D eigenvalue weighted by Gasteiger charge is 2.25. The number of ether oxygens (including phenoxy) is 2. The first kappa shape index (κ1) is 22.4. The molecule has 0 aromatic heterocycles. The number of amides is 3. The zero-order valence-electron chi connectivity index (χ0n) is 17.4. The first-order chi connectivity index (χ1) is 14.6. The minimum absolute atomic E-state index is 0.0152. The van der Waals surface area contributed by atoms with Crippen molar-refractivity contribution >= 4 is 29.5 Å². The van der Waals surface area contributed by atoms with Crippen molar-refractivity contribution in [1.82, 2.24) is 14.7 Å². The Kier molecular flexibility index (Phi) is 8.39. The first-order valence-corrected chi connectivity index (χ1v) is 11.4. The minimum Gasteiger partial charge on any atom is -0.496 e. The molecule has 0 unspecified atom stereocenters. The third-order valence-electron chi connectivity index (χ3n) is 5.29. The van der Waals surface area contributed by atoms with Gasteiger partial charge in [-0.05, 0) is 18.6 Å². The van der Waals surface area contributed by atoms with Crippen LogP contribution in [0, 0.1) is 0 Å². The van der Waals surface area contributed by atoms with Gasteiger partial charge in [-0.15, -0.1) is 11.8 Å². The summed E-state index contributed by atoms with van der Waals surface area (Å²) in [5, 5.41) is 0. The molecule has 2 fully saturated rings. The maximum absolute atomic E-state index is 12.9. The highest BCUT2D eigenvalue weighted by molar-refractivity contribution is 8.00. The number of para-hydroxylation sites is 1. The maximum atomic E-state index is 12.9. The molecule has 3 amide bonds. The van der Waals surface area contributed by atoms with E-state index < -0.39 is 0 Å². The van der Waals surface area contributed by atoms with E-state index in [-0.39, 0.29) is 23.5 Å². The molecule has 0 aliphatic carbocycles. The first-order valence-electron chi connectivity index (χ1n) is 10.2. The van der Waals surface area contributed by atoms with Crippen molar-refractivity contribution in [3.8, 4) is 5.75 Å². The zero-order valence-corrected chi connectivity index (χ0v) is 18.2. The lowest BCUT2D eigenvalue weighted by atomic mass is 10.1. The number of methoxy groups -OCH3 is 1. The van der Waals surface area contributed by atoms with Gasteiger partial charge in [-0.3, -0.25) is 14.4 Å². The summed E-state index contributed by atoms with van der Waals surface area (Å²) in [6.45, 7) is 4.60. The van der Waals surface area contributed by atoms with E-state index in [1.807, 2.05) is 12.1 Å². The number of morpholine rings is 1. The molecular formula is C21H29N3O5S. The van der Waals surface area contributed by atoms with E-state index in [0.717, 1.165) is 6.42 Å². The van der Waals surface area contributed by atoms with Gasteiger partial charge in [-0.25, -0.2) is 0 Å². The van der Waals surface area contributed by atoms with E-state index in [0.29, 0.717) is 69.5 Å². The molecule has 9 heteroatoms. The summed E-state index contributed by atoms with van der Waals surface area (Å²) < 4.78 is 10.6. The number of hydrogen-bond acceptors (Lipinski definition) is 6. The standard InChI is InChI=1S/C21H29N3O5S/c1-28-18-6-3-2-5-17(18)21(27)24-8-4-7-22(9-10-24)19(25)15-30-16-20(26)23-11-13-29-14-12-23/h2-3,5-6H,4,7-16H2,1H3. The molecule has 2 saturated heterocycles. The zero-order chi connectivity index (χ0) is 21.3. The van der Waals surface area contributed by atoms with Crippen LogP contribution in [0.2, 0.25) is 0 Å². The summed E-state index contributed by atoms with van der Waals surface area (Å²) in [5.41, 5.74) is 0.539. The summed E-state index contributed by atoms with van der Waals surface area (Å²) >= 11 is 1.35. The third kappa shape index (κ3) is 5.89. The molecule has 0 N–H and O–H groups in total. The summed E-state index contributed by atoms with van der Waals surface area (Å²) in [5.74, 6) is 1.13.